The number of nitrogens with zero attached hydrogens (tertiary/aromatic N) is 1. The lowest BCUT2D eigenvalue weighted by Gasteiger charge is -2.34. The molecule has 1 atom stereocenters. The molecule has 0 aliphatic carbocycles. The third-order valence-corrected chi connectivity index (χ3v) is 7.91. The summed E-state index contributed by atoms with van der Waals surface area (Å²) in [6.45, 7) is 0.0752. The summed E-state index contributed by atoms with van der Waals surface area (Å²) >= 11 is 0. The maximum absolute atomic E-state index is 13.2. The van der Waals surface area contributed by atoms with E-state index in [-0.39, 0.29) is 35.4 Å². The van der Waals surface area contributed by atoms with Crippen LogP contribution in [0.25, 0.3) is 0 Å². The van der Waals surface area contributed by atoms with E-state index in [2.05, 4.69) is 10.0 Å². The van der Waals surface area contributed by atoms with E-state index in [1.165, 1.54) is 41.3 Å². The number of benzene rings is 4. The minimum absolute atomic E-state index is 0.00259. The van der Waals surface area contributed by atoms with Crippen LogP contribution < -0.4 is 24.4 Å². The average Bonchev–Trinajstić information content (AvgIpc) is 3.01. The zero-order valence-corrected chi connectivity index (χ0v) is 23.2. The summed E-state index contributed by atoms with van der Waals surface area (Å²) in [5.41, 5.74) is 1.83. The van der Waals surface area contributed by atoms with Gasteiger partial charge >= 0.3 is 0 Å². The van der Waals surface area contributed by atoms with Gasteiger partial charge in [-0.15, -0.1) is 0 Å². The van der Waals surface area contributed by atoms with E-state index >= 15 is 0 Å². The van der Waals surface area contributed by atoms with Crippen molar-refractivity contribution in [1.29, 1.82) is 0 Å². The van der Waals surface area contributed by atoms with E-state index in [1.807, 2.05) is 30.3 Å². The number of fused-ring (bicyclic) bond motifs is 1. The van der Waals surface area contributed by atoms with Gasteiger partial charge in [0.05, 0.1) is 17.1 Å². The first-order chi connectivity index (χ1) is 20.3. The number of rotatable bonds is 10. The molecule has 4 aromatic rings. The average molecular weight is 590 g/mol. The second kappa shape index (κ2) is 12.7. The number of hydrogen-bond donors (Lipinski definition) is 2. The van der Waals surface area contributed by atoms with E-state index in [9.17, 15) is 22.4 Å². The monoisotopic (exact) mass is 589 g/mol. The molecule has 9 nitrogen and oxygen atoms in total. The van der Waals surface area contributed by atoms with Gasteiger partial charge in [0, 0.05) is 12.2 Å². The molecule has 4 aromatic carbocycles. The van der Waals surface area contributed by atoms with Crippen LogP contribution in [0.1, 0.15) is 5.56 Å². The summed E-state index contributed by atoms with van der Waals surface area (Å²) in [6.07, 6.45) is -0.243. The fraction of sp³-hybridized carbons (Fsp3) is 0.161. The summed E-state index contributed by atoms with van der Waals surface area (Å²) in [7, 11) is -3.92. The van der Waals surface area contributed by atoms with Crippen LogP contribution in [0.2, 0.25) is 0 Å². The first kappa shape index (κ1) is 28.6. The molecule has 0 spiro atoms. The lowest BCUT2D eigenvalue weighted by atomic mass is 10.1. The van der Waals surface area contributed by atoms with Gasteiger partial charge in [-0.1, -0.05) is 42.5 Å². The van der Waals surface area contributed by atoms with Crippen molar-refractivity contribution in [2.75, 3.05) is 29.3 Å². The molecule has 0 saturated carbocycles. The van der Waals surface area contributed by atoms with Crippen LogP contribution in [0.15, 0.2) is 108 Å². The van der Waals surface area contributed by atoms with Crippen LogP contribution in [-0.4, -0.2) is 46.0 Å². The molecule has 1 aliphatic rings. The van der Waals surface area contributed by atoms with Crippen molar-refractivity contribution in [1.82, 2.24) is 5.32 Å². The van der Waals surface area contributed by atoms with Crippen molar-refractivity contribution in [3.05, 3.63) is 115 Å². The smallest absolute Gasteiger partial charge is 0.265 e. The normalized spacial score (nSPS) is 14.3. The topological polar surface area (TPSA) is 114 Å². The fourth-order valence-corrected chi connectivity index (χ4v) is 5.42. The predicted molar refractivity (Wildman–Crippen MR) is 156 cm³/mol. The van der Waals surface area contributed by atoms with Crippen LogP contribution in [-0.2, 0) is 26.0 Å². The number of nitrogens with one attached hydrogen (secondary N) is 2. The lowest BCUT2D eigenvalue weighted by molar-refractivity contribution is -0.128. The van der Waals surface area contributed by atoms with Crippen LogP contribution in [0, 0.1) is 5.82 Å². The summed E-state index contributed by atoms with van der Waals surface area (Å²) in [5, 5.41) is 2.88. The fourth-order valence-electron chi connectivity index (χ4n) is 4.37. The van der Waals surface area contributed by atoms with Gasteiger partial charge in [0.15, 0.2) is 12.7 Å². The van der Waals surface area contributed by atoms with Gasteiger partial charge in [0.25, 0.3) is 21.8 Å². The second-order valence-corrected chi connectivity index (χ2v) is 11.2. The summed E-state index contributed by atoms with van der Waals surface area (Å²) in [5.74, 6) is -0.524. The van der Waals surface area contributed by atoms with Crippen LogP contribution >= 0.6 is 0 Å². The van der Waals surface area contributed by atoms with Gasteiger partial charge in [0.2, 0.25) is 0 Å². The third kappa shape index (κ3) is 7.05. The van der Waals surface area contributed by atoms with Crippen molar-refractivity contribution in [2.24, 2.45) is 0 Å². The summed E-state index contributed by atoms with van der Waals surface area (Å²) < 4.78 is 52.4. The molecule has 1 aliphatic heterocycles. The van der Waals surface area contributed by atoms with Crippen LogP contribution in [0.5, 0.6) is 11.5 Å². The van der Waals surface area contributed by atoms with E-state index in [1.54, 1.807) is 24.3 Å². The van der Waals surface area contributed by atoms with Gasteiger partial charge in [-0.25, -0.2) is 12.8 Å². The minimum atomic E-state index is -3.92. The Morgan fingerprint density at radius 2 is 1.60 bits per heavy atom. The van der Waals surface area contributed by atoms with Gasteiger partial charge in [0.1, 0.15) is 17.3 Å². The van der Waals surface area contributed by atoms with Crippen molar-refractivity contribution >= 4 is 33.2 Å². The van der Waals surface area contributed by atoms with Crippen molar-refractivity contribution < 1.29 is 31.9 Å². The van der Waals surface area contributed by atoms with Gasteiger partial charge < -0.3 is 19.7 Å². The lowest BCUT2D eigenvalue weighted by Crippen LogP contribution is -2.52. The number of carbonyl (C=O) groups is 2. The molecule has 11 heteroatoms. The number of carbonyl (C=O) groups excluding carboxylic acids is 2. The number of sulfonamides is 1. The number of para-hydroxylation sites is 2. The molecular weight excluding hydrogens is 561 g/mol. The number of ether oxygens (including phenoxy) is 2. The van der Waals surface area contributed by atoms with Crippen molar-refractivity contribution in [3.8, 4) is 11.5 Å². The van der Waals surface area contributed by atoms with Gasteiger partial charge in [-0.3, -0.25) is 14.3 Å². The Balaban J connectivity index is 1.19. The van der Waals surface area contributed by atoms with Crippen molar-refractivity contribution in [3.63, 3.8) is 0 Å². The SMILES string of the molecule is O=C(NCCc1ccccc1)[C@@H]1CN(C(=O)COc2ccc(S(=O)(=O)Nc3ccc(F)cc3)cc2)c2ccccc2O1. The Morgan fingerprint density at radius 1 is 0.905 bits per heavy atom. The molecule has 5 rings (SSSR count). The highest BCUT2D eigenvalue weighted by atomic mass is 32.2. The maximum atomic E-state index is 13.2. The molecule has 42 heavy (non-hydrogen) atoms. The van der Waals surface area contributed by atoms with Gasteiger partial charge in [-0.2, -0.15) is 0 Å². The van der Waals surface area contributed by atoms with E-state index in [0.29, 0.717) is 24.4 Å². The first-order valence-electron chi connectivity index (χ1n) is 13.2. The Hall–Kier alpha value is -4.90. The Bertz CT molecular complexity index is 1650. The standard InChI is InChI=1S/C31H28FN3O6S/c32-23-10-12-24(13-11-23)34-42(38,39)26-16-14-25(15-17-26)40-21-30(36)35-20-29(41-28-9-5-4-8-27(28)35)31(37)33-19-18-22-6-2-1-3-7-22/h1-17,29,34H,18-21H2,(H,33,37)/t29-/m0/s1. The van der Waals surface area contributed by atoms with Gasteiger partial charge in [-0.05, 0) is 72.6 Å². The molecule has 216 valence electrons. The molecule has 0 radical (unpaired) electrons. The van der Waals surface area contributed by atoms with Crippen LogP contribution in [0.4, 0.5) is 15.8 Å². The zero-order valence-electron chi connectivity index (χ0n) is 22.4. The largest absolute Gasteiger partial charge is 0.484 e. The highest BCUT2D eigenvalue weighted by Crippen LogP contribution is 2.33. The zero-order chi connectivity index (χ0) is 29.5. The summed E-state index contributed by atoms with van der Waals surface area (Å²) in [4.78, 5) is 27.6. The molecular formula is C31H28FN3O6S. The first-order valence-corrected chi connectivity index (χ1v) is 14.7. The van der Waals surface area contributed by atoms with Crippen molar-refractivity contribution in [2.45, 2.75) is 17.4 Å². The Labute approximate surface area is 242 Å². The molecule has 0 unspecified atom stereocenters. The number of hydrogen-bond acceptors (Lipinski definition) is 6. The minimum Gasteiger partial charge on any atom is -0.484 e. The van der Waals surface area contributed by atoms with Crippen LogP contribution in [0.3, 0.4) is 0 Å². The quantitative estimate of drug-likeness (QED) is 0.287. The van der Waals surface area contributed by atoms with E-state index in [4.69, 9.17) is 9.47 Å². The molecule has 0 fully saturated rings. The molecule has 0 bridgehead atoms. The van der Waals surface area contributed by atoms with E-state index in [0.717, 1.165) is 17.7 Å². The molecule has 2 N–H and O–H groups in total. The Kier molecular flexibility index (Phi) is 8.68. The highest BCUT2D eigenvalue weighted by Gasteiger charge is 2.33. The third-order valence-electron chi connectivity index (χ3n) is 6.52. The number of halogens is 1. The second-order valence-electron chi connectivity index (χ2n) is 9.48. The predicted octanol–water partition coefficient (Wildman–Crippen LogP) is 4.16. The van der Waals surface area contributed by atoms with E-state index < -0.39 is 27.9 Å². The molecule has 0 aromatic heterocycles. The maximum Gasteiger partial charge on any atom is 0.265 e. The number of anilines is 2. The molecule has 1 heterocycles. The molecule has 2 amide bonds. The number of amides is 2. The molecule has 0 saturated heterocycles. The summed E-state index contributed by atoms with van der Waals surface area (Å²) in [6, 6.07) is 27.2. The highest BCUT2D eigenvalue weighted by molar-refractivity contribution is 7.92. The Morgan fingerprint density at radius 3 is 2.33 bits per heavy atom.